The van der Waals surface area contributed by atoms with Crippen LogP contribution < -0.4 is 15.5 Å². The van der Waals surface area contributed by atoms with Crippen molar-refractivity contribution in [1.29, 1.82) is 0 Å². The first-order chi connectivity index (χ1) is 14.1. The average molecular weight is 412 g/mol. The first-order valence-corrected chi connectivity index (χ1v) is 10.7. The Morgan fingerprint density at radius 3 is 2.55 bits per heavy atom. The predicted octanol–water partition coefficient (Wildman–Crippen LogP) is 4.90. The number of nitrogens with zero attached hydrogens (tertiary/aromatic N) is 1. The van der Waals surface area contributed by atoms with E-state index in [1.807, 2.05) is 6.07 Å². The molecule has 1 fully saturated rings. The number of hydrogen-bond donors (Lipinski definition) is 2. The molecule has 3 rings (SSSR count). The van der Waals surface area contributed by atoms with Gasteiger partial charge in [-0.2, -0.15) is 0 Å². The molecule has 0 aliphatic carbocycles. The predicted molar refractivity (Wildman–Crippen MR) is 123 cm³/mol. The lowest BCUT2D eigenvalue weighted by Gasteiger charge is -2.29. The van der Waals surface area contributed by atoms with Crippen LogP contribution in [0.5, 0.6) is 0 Å². The Morgan fingerprint density at radius 2 is 1.86 bits per heavy atom. The van der Waals surface area contributed by atoms with E-state index in [0.717, 1.165) is 18.8 Å². The average Bonchev–Trinajstić information content (AvgIpc) is 2.75. The summed E-state index contributed by atoms with van der Waals surface area (Å²) in [6.45, 7) is 6.51. The van der Waals surface area contributed by atoms with E-state index >= 15 is 0 Å². The van der Waals surface area contributed by atoms with E-state index < -0.39 is 0 Å². The number of esters is 1. The summed E-state index contributed by atoms with van der Waals surface area (Å²) in [5, 5.41) is 6.97. The maximum absolute atomic E-state index is 11.9. The number of anilines is 2. The van der Waals surface area contributed by atoms with Gasteiger partial charge in [0.25, 0.3) is 0 Å². The number of thiocarbonyl (C=S) groups is 1. The summed E-state index contributed by atoms with van der Waals surface area (Å²) in [6.07, 6.45) is 3.89. The molecule has 0 bridgehead atoms. The molecule has 6 heteroatoms. The van der Waals surface area contributed by atoms with E-state index in [9.17, 15) is 4.79 Å². The van der Waals surface area contributed by atoms with Gasteiger partial charge in [-0.25, -0.2) is 4.79 Å². The third kappa shape index (κ3) is 5.94. The van der Waals surface area contributed by atoms with E-state index in [4.69, 9.17) is 17.0 Å². The molecule has 1 atom stereocenters. The third-order valence-corrected chi connectivity index (χ3v) is 5.31. The standard InChI is InChI=1S/C23H29N3O2S/c1-3-28-22(27)19-8-7-9-20(16-19)25-23(29)24-17(2)18-10-12-21(13-11-18)26-14-5-4-6-15-26/h7-13,16-17H,3-6,14-15H2,1-2H3,(H2,24,25,29)/t17-/m1/s1. The zero-order chi connectivity index (χ0) is 20.6. The van der Waals surface area contributed by atoms with Gasteiger partial charge in [0.05, 0.1) is 18.2 Å². The van der Waals surface area contributed by atoms with Gasteiger partial charge < -0.3 is 20.3 Å². The normalized spacial score (nSPS) is 14.8. The molecule has 0 radical (unpaired) electrons. The van der Waals surface area contributed by atoms with Crippen molar-refractivity contribution in [3.63, 3.8) is 0 Å². The van der Waals surface area contributed by atoms with Gasteiger partial charge in [-0.15, -0.1) is 0 Å². The lowest BCUT2D eigenvalue weighted by molar-refractivity contribution is 0.0526. The van der Waals surface area contributed by atoms with Crippen molar-refractivity contribution in [2.24, 2.45) is 0 Å². The zero-order valence-corrected chi connectivity index (χ0v) is 17.9. The Bertz CT molecular complexity index is 832. The number of rotatable bonds is 6. The summed E-state index contributed by atoms with van der Waals surface area (Å²) < 4.78 is 5.05. The third-order valence-electron chi connectivity index (χ3n) is 5.09. The number of ether oxygens (including phenoxy) is 1. The monoisotopic (exact) mass is 411 g/mol. The number of carbonyl (C=O) groups excluding carboxylic acids is 1. The van der Waals surface area contributed by atoms with Crippen molar-refractivity contribution in [2.45, 2.75) is 39.2 Å². The van der Waals surface area contributed by atoms with E-state index in [-0.39, 0.29) is 12.0 Å². The fourth-order valence-electron chi connectivity index (χ4n) is 3.51. The molecule has 2 N–H and O–H groups in total. The van der Waals surface area contributed by atoms with Crippen molar-refractivity contribution in [1.82, 2.24) is 5.32 Å². The summed E-state index contributed by atoms with van der Waals surface area (Å²) in [4.78, 5) is 14.3. The Hall–Kier alpha value is -2.60. The number of carbonyl (C=O) groups is 1. The second kappa shape index (κ2) is 10.3. The van der Waals surface area contributed by atoms with Crippen LogP contribution in [0.4, 0.5) is 11.4 Å². The van der Waals surface area contributed by atoms with Crippen LogP contribution in [-0.2, 0) is 4.74 Å². The van der Waals surface area contributed by atoms with Gasteiger partial charge in [0, 0.05) is 24.5 Å². The van der Waals surface area contributed by atoms with E-state index in [1.165, 1.54) is 30.5 Å². The molecule has 1 aliphatic heterocycles. The van der Waals surface area contributed by atoms with Crippen LogP contribution in [-0.4, -0.2) is 30.8 Å². The van der Waals surface area contributed by atoms with Crippen LogP contribution in [0.3, 0.4) is 0 Å². The Kier molecular flexibility index (Phi) is 7.47. The smallest absolute Gasteiger partial charge is 0.338 e. The molecule has 154 valence electrons. The summed E-state index contributed by atoms with van der Waals surface area (Å²) in [6, 6.07) is 15.9. The molecule has 0 unspecified atom stereocenters. The lowest BCUT2D eigenvalue weighted by atomic mass is 10.1. The van der Waals surface area contributed by atoms with Gasteiger partial charge in [-0.1, -0.05) is 18.2 Å². The van der Waals surface area contributed by atoms with Crippen molar-refractivity contribution in [3.8, 4) is 0 Å². The molecular weight excluding hydrogens is 382 g/mol. The molecule has 2 aromatic rings. The van der Waals surface area contributed by atoms with Gasteiger partial charge in [0.2, 0.25) is 0 Å². The topological polar surface area (TPSA) is 53.6 Å². The van der Waals surface area contributed by atoms with Crippen LogP contribution in [0.15, 0.2) is 48.5 Å². The number of nitrogens with one attached hydrogen (secondary N) is 2. The molecule has 0 saturated carbocycles. The highest BCUT2D eigenvalue weighted by Gasteiger charge is 2.13. The molecular formula is C23H29N3O2S. The minimum absolute atomic E-state index is 0.0682. The number of piperidine rings is 1. The molecule has 0 spiro atoms. The minimum Gasteiger partial charge on any atom is -0.462 e. The first-order valence-electron chi connectivity index (χ1n) is 10.3. The highest BCUT2D eigenvalue weighted by molar-refractivity contribution is 7.80. The summed E-state index contributed by atoms with van der Waals surface area (Å²) in [5.74, 6) is -0.336. The largest absolute Gasteiger partial charge is 0.462 e. The molecule has 5 nitrogen and oxygen atoms in total. The molecule has 0 aromatic heterocycles. The maximum atomic E-state index is 11.9. The molecule has 1 saturated heterocycles. The van der Waals surface area contributed by atoms with Crippen molar-refractivity contribution in [3.05, 3.63) is 59.7 Å². The van der Waals surface area contributed by atoms with Gasteiger partial charge in [0.15, 0.2) is 5.11 Å². The molecule has 1 aliphatic rings. The fourth-order valence-corrected chi connectivity index (χ4v) is 3.81. The van der Waals surface area contributed by atoms with Gasteiger partial charge in [-0.05, 0) is 81.2 Å². The Balaban J connectivity index is 1.56. The minimum atomic E-state index is -0.336. The second-order valence-electron chi connectivity index (χ2n) is 7.26. The molecule has 29 heavy (non-hydrogen) atoms. The quantitative estimate of drug-likeness (QED) is 0.521. The van der Waals surface area contributed by atoms with E-state index in [1.54, 1.807) is 25.1 Å². The van der Waals surface area contributed by atoms with Gasteiger partial charge >= 0.3 is 5.97 Å². The van der Waals surface area contributed by atoms with Crippen molar-refractivity contribution >= 4 is 34.7 Å². The summed E-state index contributed by atoms with van der Waals surface area (Å²) in [7, 11) is 0. The zero-order valence-electron chi connectivity index (χ0n) is 17.1. The maximum Gasteiger partial charge on any atom is 0.338 e. The van der Waals surface area contributed by atoms with Crippen LogP contribution in [0, 0.1) is 0 Å². The second-order valence-corrected chi connectivity index (χ2v) is 7.67. The van der Waals surface area contributed by atoms with Crippen LogP contribution in [0.25, 0.3) is 0 Å². The highest BCUT2D eigenvalue weighted by Crippen LogP contribution is 2.22. The van der Waals surface area contributed by atoms with E-state index in [2.05, 4.69) is 46.7 Å². The fraction of sp³-hybridized carbons (Fsp3) is 0.391. The summed E-state index contributed by atoms with van der Waals surface area (Å²) in [5.41, 5.74) is 3.72. The molecule has 1 heterocycles. The van der Waals surface area contributed by atoms with Crippen LogP contribution >= 0.6 is 12.2 Å². The van der Waals surface area contributed by atoms with Crippen molar-refractivity contribution < 1.29 is 9.53 Å². The highest BCUT2D eigenvalue weighted by atomic mass is 32.1. The SMILES string of the molecule is CCOC(=O)c1cccc(NC(=S)N[C@H](C)c2ccc(N3CCCCC3)cc2)c1. The van der Waals surface area contributed by atoms with Crippen LogP contribution in [0.1, 0.15) is 55.1 Å². The lowest BCUT2D eigenvalue weighted by Crippen LogP contribution is -2.31. The van der Waals surface area contributed by atoms with E-state index in [0.29, 0.717) is 17.3 Å². The Morgan fingerprint density at radius 1 is 1.14 bits per heavy atom. The van der Waals surface area contributed by atoms with Crippen molar-refractivity contribution in [2.75, 3.05) is 29.9 Å². The molecule has 0 amide bonds. The number of hydrogen-bond acceptors (Lipinski definition) is 4. The van der Waals surface area contributed by atoms with Gasteiger partial charge in [-0.3, -0.25) is 0 Å². The summed E-state index contributed by atoms with van der Waals surface area (Å²) >= 11 is 5.45. The van der Waals surface area contributed by atoms with Crippen LogP contribution in [0.2, 0.25) is 0 Å². The first kappa shape index (κ1) is 21.1. The Labute approximate surface area is 178 Å². The molecule has 2 aromatic carbocycles. The van der Waals surface area contributed by atoms with Gasteiger partial charge in [0.1, 0.15) is 0 Å². The number of benzene rings is 2.